The number of aromatic nitrogens is 1. The Morgan fingerprint density at radius 3 is 1.50 bits per heavy atom. The van der Waals surface area contributed by atoms with Crippen molar-refractivity contribution in [3.63, 3.8) is 0 Å². The Bertz CT molecular complexity index is 3660. The third-order valence-corrected chi connectivity index (χ3v) is 13.0. The normalized spacial score (nSPS) is 11.3. The Hall–Kier alpha value is -8.72. The number of hydrogen-bond acceptors (Lipinski definition) is 1. The third-order valence-electron chi connectivity index (χ3n) is 13.0. The Balaban J connectivity index is 1.08. The maximum atomic E-state index is 2.49. The Morgan fingerprint density at radius 1 is 0.273 bits per heavy atom. The van der Waals surface area contributed by atoms with E-state index in [-0.39, 0.29) is 0 Å². The molecule has 1 aromatic heterocycles. The van der Waals surface area contributed by atoms with Gasteiger partial charge in [0.25, 0.3) is 0 Å². The summed E-state index contributed by atoms with van der Waals surface area (Å²) in [4.78, 5) is 2.49. The number of benzene rings is 11. The first-order valence-electron chi connectivity index (χ1n) is 22.7. The van der Waals surface area contributed by atoms with Gasteiger partial charge in [-0.1, -0.05) is 212 Å². The molecule has 0 aliphatic heterocycles. The van der Waals surface area contributed by atoms with Crippen molar-refractivity contribution in [3.8, 4) is 61.3 Å². The van der Waals surface area contributed by atoms with Gasteiger partial charge in [0, 0.05) is 27.7 Å². The lowest BCUT2D eigenvalue weighted by Crippen LogP contribution is -2.12. The predicted molar refractivity (Wildman–Crippen MR) is 280 cm³/mol. The molecule has 1 heterocycles. The molecule has 2 nitrogen and oxygen atoms in total. The molecule has 0 saturated heterocycles. The molecule has 0 atom stereocenters. The lowest BCUT2D eigenvalue weighted by Gasteiger charge is -2.29. The van der Waals surface area contributed by atoms with Crippen molar-refractivity contribution < 1.29 is 0 Å². The Labute approximate surface area is 385 Å². The molecule has 66 heavy (non-hydrogen) atoms. The van der Waals surface area contributed by atoms with Gasteiger partial charge in [0.05, 0.1) is 22.4 Å². The zero-order valence-electron chi connectivity index (χ0n) is 36.3. The summed E-state index contributed by atoms with van der Waals surface area (Å²) in [5, 5.41) is 4.85. The molecular formula is C64H44N2. The van der Waals surface area contributed by atoms with Crippen LogP contribution in [0.25, 0.3) is 93.9 Å². The smallest absolute Gasteiger partial charge is 0.0562 e. The number of para-hydroxylation sites is 3. The minimum absolute atomic E-state index is 1.07. The highest BCUT2D eigenvalue weighted by atomic mass is 15.2. The highest BCUT2D eigenvalue weighted by Crippen LogP contribution is 2.48. The van der Waals surface area contributed by atoms with Crippen LogP contribution >= 0.6 is 0 Å². The second kappa shape index (κ2) is 16.8. The fraction of sp³-hybridized carbons (Fsp3) is 0. The second-order valence-electron chi connectivity index (χ2n) is 16.8. The fourth-order valence-electron chi connectivity index (χ4n) is 10.0. The van der Waals surface area contributed by atoms with Gasteiger partial charge in [0.2, 0.25) is 0 Å². The van der Waals surface area contributed by atoms with E-state index in [1.807, 2.05) is 0 Å². The van der Waals surface area contributed by atoms with Gasteiger partial charge >= 0.3 is 0 Å². The highest BCUT2D eigenvalue weighted by Gasteiger charge is 2.24. The average Bonchev–Trinajstić information content (AvgIpc) is 3.75. The first-order chi connectivity index (χ1) is 32.8. The van der Waals surface area contributed by atoms with Gasteiger partial charge in [-0.15, -0.1) is 0 Å². The topological polar surface area (TPSA) is 8.17 Å². The van der Waals surface area contributed by atoms with Gasteiger partial charge in [-0.25, -0.2) is 0 Å². The first kappa shape index (κ1) is 38.9. The molecule has 0 N–H and O–H groups in total. The summed E-state index contributed by atoms with van der Waals surface area (Å²) >= 11 is 0. The van der Waals surface area contributed by atoms with Crippen LogP contribution < -0.4 is 4.90 Å². The van der Waals surface area contributed by atoms with Gasteiger partial charge in [-0.3, -0.25) is 0 Å². The molecule has 12 aromatic rings. The third kappa shape index (κ3) is 6.84. The molecule has 0 bridgehead atoms. The van der Waals surface area contributed by atoms with Crippen LogP contribution in [0.3, 0.4) is 0 Å². The van der Waals surface area contributed by atoms with Crippen LogP contribution in [-0.4, -0.2) is 4.57 Å². The van der Waals surface area contributed by atoms with Crippen molar-refractivity contribution in [1.29, 1.82) is 0 Å². The van der Waals surface area contributed by atoms with Crippen molar-refractivity contribution in [2.45, 2.75) is 0 Å². The van der Waals surface area contributed by atoms with Crippen molar-refractivity contribution in [2.24, 2.45) is 0 Å². The second-order valence-corrected chi connectivity index (χ2v) is 16.8. The number of hydrogen-bond donors (Lipinski definition) is 0. The van der Waals surface area contributed by atoms with E-state index in [9.17, 15) is 0 Å². The van der Waals surface area contributed by atoms with Gasteiger partial charge in [-0.05, 0) is 115 Å². The maximum absolute atomic E-state index is 2.49. The molecule has 0 aliphatic carbocycles. The molecule has 11 aromatic carbocycles. The highest BCUT2D eigenvalue weighted by molar-refractivity contribution is 6.17. The zero-order valence-corrected chi connectivity index (χ0v) is 36.3. The summed E-state index contributed by atoms with van der Waals surface area (Å²) < 4.78 is 2.40. The van der Waals surface area contributed by atoms with Crippen molar-refractivity contribution in [2.75, 3.05) is 4.90 Å². The standard InChI is InChI=1S/C64H44N2/c1-5-20-46(21-6-1)53-43-40-50(44-58(53)48-24-9-3-10-25-48)45-38-41-52(42-39-45)66(62-37-19-36-61-64(62)57-31-14-16-35-60(57)65(61)51-28-11-4-12-29-51)59-34-15-13-30-55(59)56-33-18-27-49-26-17-32-54(63(49)56)47-22-7-2-8-23-47/h1-44H. The molecule has 0 amide bonds. The van der Waals surface area contributed by atoms with Gasteiger partial charge in [0.15, 0.2) is 0 Å². The molecule has 310 valence electrons. The van der Waals surface area contributed by atoms with Gasteiger partial charge in [-0.2, -0.15) is 0 Å². The summed E-state index contributed by atoms with van der Waals surface area (Å²) in [5.41, 5.74) is 18.7. The molecular weight excluding hydrogens is 797 g/mol. The molecule has 12 rings (SSSR count). The number of anilines is 3. The fourth-order valence-corrected chi connectivity index (χ4v) is 10.0. The first-order valence-corrected chi connectivity index (χ1v) is 22.7. The van der Waals surface area contributed by atoms with E-state index in [1.165, 1.54) is 71.6 Å². The summed E-state index contributed by atoms with van der Waals surface area (Å²) in [5.74, 6) is 0. The van der Waals surface area contributed by atoms with E-state index in [2.05, 4.69) is 276 Å². The largest absolute Gasteiger partial charge is 0.309 e. The lowest BCUT2D eigenvalue weighted by molar-refractivity contribution is 1.18. The molecule has 2 heteroatoms. The lowest BCUT2D eigenvalue weighted by atomic mass is 9.90. The van der Waals surface area contributed by atoms with Crippen molar-refractivity contribution in [1.82, 2.24) is 4.57 Å². The van der Waals surface area contributed by atoms with E-state index < -0.39 is 0 Å². The van der Waals surface area contributed by atoms with E-state index in [4.69, 9.17) is 0 Å². The van der Waals surface area contributed by atoms with Crippen LogP contribution in [0.4, 0.5) is 17.1 Å². The molecule has 0 saturated carbocycles. The van der Waals surface area contributed by atoms with Crippen molar-refractivity contribution >= 4 is 49.6 Å². The number of fused-ring (bicyclic) bond motifs is 4. The van der Waals surface area contributed by atoms with Crippen molar-refractivity contribution in [3.05, 3.63) is 267 Å². The summed E-state index contributed by atoms with van der Waals surface area (Å²) in [6, 6.07) is 96.9. The average molecular weight is 841 g/mol. The van der Waals surface area contributed by atoms with E-state index in [1.54, 1.807) is 0 Å². The Morgan fingerprint density at radius 2 is 0.788 bits per heavy atom. The summed E-state index contributed by atoms with van der Waals surface area (Å²) in [7, 11) is 0. The Kier molecular flexibility index (Phi) is 9.89. The van der Waals surface area contributed by atoms with Crippen LogP contribution in [0.2, 0.25) is 0 Å². The van der Waals surface area contributed by atoms with E-state index in [0.29, 0.717) is 0 Å². The van der Waals surface area contributed by atoms with Crippen LogP contribution in [0.15, 0.2) is 267 Å². The zero-order chi connectivity index (χ0) is 43.8. The molecule has 0 unspecified atom stereocenters. The van der Waals surface area contributed by atoms with Gasteiger partial charge in [0.1, 0.15) is 0 Å². The molecule has 0 spiro atoms. The van der Waals surface area contributed by atoms with E-state index >= 15 is 0 Å². The van der Waals surface area contributed by atoms with Crippen LogP contribution in [0.1, 0.15) is 0 Å². The maximum Gasteiger partial charge on any atom is 0.0562 e. The molecule has 0 aliphatic rings. The summed E-state index contributed by atoms with van der Waals surface area (Å²) in [6.45, 7) is 0. The molecule has 0 radical (unpaired) electrons. The van der Waals surface area contributed by atoms with Crippen LogP contribution in [0.5, 0.6) is 0 Å². The van der Waals surface area contributed by atoms with Crippen LogP contribution in [-0.2, 0) is 0 Å². The minimum atomic E-state index is 1.07. The predicted octanol–water partition coefficient (Wildman–Crippen LogP) is 17.7. The van der Waals surface area contributed by atoms with Crippen LogP contribution in [0, 0.1) is 0 Å². The van der Waals surface area contributed by atoms with E-state index in [0.717, 1.165) is 39.4 Å². The SMILES string of the molecule is c1ccc(-c2ccc(-c3ccc(N(c4ccccc4-c4cccc5cccc(-c6ccccc6)c45)c4cccc5c4c4ccccc4n5-c4ccccc4)cc3)cc2-c2ccccc2)cc1. The number of rotatable bonds is 9. The molecule has 0 fully saturated rings. The summed E-state index contributed by atoms with van der Waals surface area (Å²) in [6.07, 6.45) is 0. The monoisotopic (exact) mass is 840 g/mol. The van der Waals surface area contributed by atoms with Gasteiger partial charge < -0.3 is 9.47 Å². The number of nitrogens with zero attached hydrogens (tertiary/aromatic N) is 2. The quantitative estimate of drug-likeness (QED) is 0.141. The minimum Gasteiger partial charge on any atom is -0.309 e.